The monoisotopic (exact) mass is 233 g/mol. The van der Waals surface area contributed by atoms with Crippen molar-refractivity contribution in [3.63, 3.8) is 0 Å². The van der Waals surface area contributed by atoms with Gasteiger partial charge in [-0.15, -0.1) is 0 Å². The predicted octanol–water partition coefficient (Wildman–Crippen LogP) is 2.04. The lowest BCUT2D eigenvalue weighted by atomic mass is 9.85. The Balaban J connectivity index is 1.86. The van der Waals surface area contributed by atoms with Gasteiger partial charge in [0.15, 0.2) is 0 Å². The number of hydrogen-bond donors (Lipinski definition) is 1. The van der Waals surface area contributed by atoms with Crippen molar-refractivity contribution in [2.45, 2.75) is 50.2 Å². The number of hydrogen-bond acceptors (Lipinski definition) is 3. The summed E-state index contributed by atoms with van der Waals surface area (Å²) >= 11 is 0. The van der Waals surface area contributed by atoms with Gasteiger partial charge in [0.1, 0.15) is 0 Å². The van der Waals surface area contributed by atoms with Gasteiger partial charge in [0.2, 0.25) is 0 Å². The van der Waals surface area contributed by atoms with E-state index in [0.29, 0.717) is 0 Å². The number of fused-ring (bicyclic) bond motifs is 1. The maximum absolute atomic E-state index is 10.6. The van der Waals surface area contributed by atoms with Crippen molar-refractivity contribution in [2.24, 2.45) is 0 Å². The molecule has 3 unspecified atom stereocenters. The standard InChI is InChI=1S/C14H19NO2/c1-14(7-3-9-17-14)13(16)11-6-5-10-4-2-8-15-12(10)11/h2,4,8,11,13,16H,3,5-7,9H2,1H3. The first kappa shape index (κ1) is 11.2. The van der Waals surface area contributed by atoms with Gasteiger partial charge >= 0.3 is 0 Å². The number of aliphatic hydroxyl groups excluding tert-OH is 1. The molecular weight excluding hydrogens is 214 g/mol. The number of aryl methyl sites for hydroxylation is 1. The average molecular weight is 233 g/mol. The van der Waals surface area contributed by atoms with Crippen molar-refractivity contribution in [1.29, 1.82) is 0 Å². The SMILES string of the molecule is CC1(C(O)C2CCc3cccnc32)CCCO1. The summed E-state index contributed by atoms with van der Waals surface area (Å²) in [5, 5.41) is 10.6. The van der Waals surface area contributed by atoms with Crippen LogP contribution in [0.5, 0.6) is 0 Å². The second-order valence-corrected chi connectivity index (χ2v) is 5.40. The fraction of sp³-hybridized carbons (Fsp3) is 0.643. The molecule has 0 radical (unpaired) electrons. The first-order chi connectivity index (χ1) is 8.21. The van der Waals surface area contributed by atoms with E-state index in [-0.39, 0.29) is 11.5 Å². The summed E-state index contributed by atoms with van der Waals surface area (Å²) < 4.78 is 5.75. The number of nitrogens with zero attached hydrogens (tertiary/aromatic N) is 1. The molecule has 1 fully saturated rings. The van der Waals surface area contributed by atoms with Crippen molar-refractivity contribution in [3.05, 3.63) is 29.6 Å². The number of pyridine rings is 1. The van der Waals surface area contributed by atoms with E-state index in [0.717, 1.165) is 38.0 Å². The maximum Gasteiger partial charge on any atom is 0.0919 e. The zero-order valence-corrected chi connectivity index (χ0v) is 10.2. The Labute approximate surface area is 102 Å². The zero-order chi connectivity index (χ0) is 11.9. The van der Waals surface area contributed by atoms with E-state index >= 15 is 0 Å². The van der Waals surface area contributed by atoms with E-state index in [1.165, 1.54) is 5.56 Å². The van der Waals surface area contributed by atoms with Crippen LogP contribution >= 0.6 is 0 Å². The lowest BCUT2D eigenvalue weighted by molar-refractivity contribution is -0.0884. The molecule has 0 spiro atoms. The highest BCUT2D eigenvalue weighted by molar-refractivity contribution is 5.30. The van der Waals surface area contributed by atoms with Crippen molar-refractivity contribution in [2.75, 3.05) is 6.61 Å². The Morgan fingerprint density at radius 3 is 3.24 bits per heavy atom. The van der Waals surface area contributed by atoms with Crippen molar-refractivity contribution in [1.82, 2.24) is 4.98 Å². The van der Waals surface area contributed by atoms with E-state index in [9.17, 15) is 5.11 Å². The molecule has 17 heavy (non-hydrogen) atoms. The summed E-state index contributed by atoms with van der Waals surface area (Å²) in [6, 6.07) is 4.09. The molecule has 92 valence electrons. The topological polar surface area (TPSA) is 42.4 Å². The van der Waals surface area contributed by atoms with Gasteiger partial charge in [0, 0.05) is 24.4 Å². The van der Waals surface area contributed by atoms with Gasteiger partial charge in [-0.2, -0.15) is 0 Å². The molecule has 1 saturated heterocycles. The van der Waals surface area contributed by atoms with Crippen LogP contribution < -0.4 is 0 Å². The molecule has 1 aromatic heterocycles. The van der Waals surface area contributed by atoms with Gasteiger partial charge < -0.3 is 9.84 Å². The highest BCUT2D eigenvalue weighted by atomic mass is 16.5. The summed E-state index contributed by atoms with van der Waals surface area (Å²) in [4.78, 5) is 4.45. The van der Waals surface area contributed by atoms with Crippen LogP contribution in [0.4, 0.5) is 0 Å². The van der Waals surface area contributed by atoms with Gasteiger partial charge in [-0.1, -0.05) is 6.07 Å². The molecule has 0 aromatic carbocycles. The highest BCUT2D eigenvalue weighted by Crippen LogP contribution is 2.41. The average Bonchev–Trinajstić information content (AvgIpc) is 2.95. The number of aliphatic hydroxyl groups is 1. The summed E-state index contributed by atoms with van der Waals surface area (Å²) in [5.74, 6) is 0.147. The third-order valence-electron chi connectivity index (χ3n) is 4.26. The molecule has 3 rings (SSSR count). The summed E-state index contributed by atoms with van der Waals surface area (Å²) in [7, 11) is 0. The first-order valence-electron chi connectivity index (χ1n) is 6.46. The van der Waals surface area contributed by atoms with Gasteiger partial charge in [-0.25, -0.2) is 0 Å². The molecule has 3 heteroatoms. The Morgan fingerprint density at radius 1 is 1.59 bits per heavy atom. The second kappa shape index (κ2) is 4.07. The Hall–Kier alpha value is -0.930. The first-order valence-corrected chi connectivity index (χ1v) is 6.46. The minimum Gasteiger partial charge on any atom is -0.389 e. The van der Waals surface area contributed by atoms with Crippen molar-refractivity contribution in [3.8, 4) is 0 Å². The fourth-order valence-electron chi connectivity index (χ4n) is 3.21. The van der Waals surface area contributed by atoms with Gasteiger partial charge in [0.25, 0.3) is 0 Å². The van der Waals surface area contributed by atoms with Gasteiger partial charge in [-0.05, 0) is 44.2 Å². The van der Waals surface area contributed by atoms with Gasteiger partial charge in [-0.3, -0.25) is 4.98 Å². The zero-order valence-electron chi connectivity index (χ0n) is 10.2. The van der Waals surface area contributed by atoms with Crippen LogP contribution in [0.3, 0.4) is 0 Å². The number of ether oxygens (including phenoxy) is 1. The molecule has 1 aliphatic carbocycles. The van der Waals surface area contributed by atoms with Gasteiger partial charge in [0.05, 0.1) is 11.7 Å². The number of aromatic nitrogens is 1. The fourth-order valence-corrected chi connectivity index (χ4v) is 3.21. The normalized spacial score (nSPS) is 33.6. The van der Waals surface area contributed by atoms with Crippen LogP contribution in [0.1, 0.15) is 43.4 Å². The molecule has 0 saturated carbocycles. The van der Waals surface area contributed by atoms with Crippen LogP contribution in [0.2, 0.25) is 0 Å². The summed E-state index contributed by atoms with van der Waals surface area (Å²) in [6.07, 6.45) is 5.42. The van der Waals surface area contributed by atoms with Crippen LogP contribution in [0.15, 0.2) is 18.3 Å². The van der Waals surface area contributed by atoms with Crippen molar-refractivity contribution < 1.29 is 9.84 Å². The largest absolute Gasteiger partial charge is 0.389 e. The smallest absolute Gasteiger partial charge is 0.0919 e. The van der Waals surface area contributed by atoms with E-state index in [1.54, 1.807) is 0 Å². The Morgan fingerprint density at radius 2 is 2.47 bits per heavy atom. The molecule has 1 N–H and O–H groups in total. The third kappa shape index (κ3) is 1.78. The second-order valence-electron chi connectivity index (χ2n) is 5.40. The molecule has 2 aliphatic rings. The summed E-state index contributed by atoms with van der Waals surface area (Å²) in [6.45, 7) is 2.81. The van der Waals surface area contributed by atoms with Crippen LogP contribution in [0, 0.1) is 0 Å². The molecule has 1 aliphatic heterocycles. The van der Waals surface area contributed by atoms with Crippen LogP contribution in [-0.4, -0.2) is 28.4 Å². The Kier molecular flexibility index (Phi) is 2.68. The lowest BCUT2D eigenvalue weighted by Gasteiger charge is -2.33. The molecule has 1 aromatic rings. The minimum atomic E-state index is -0.429. The maximum atomic E-state index is 10.6. The number of rotatable bonds is 2. The predicted molar refractivity (Wildman–Crippen MR) is 64.9 cm³/mol. The van der Waals surface area contributed by atoms with E-state index in [4.69, 9.17) is 4.74 Å². The molecule has 0 bridgehead atoms. The van der Waals surface area contributed by atoms with E-state index < -0.39 is 6.10 Å². The molecular formula is C14H19NO2. The van der Waals surface area contributed by atoms with Crippen molar-refractivity contribution >= 4 is 0 Å². The van der Waals surface area contributed by atoms with Crippen LogP contribution in [0.25, 0.3) is 0 Å². The van der Waals surface area contributed by atoms with Crippen LogP contribution in [-0.2, 0) is 11.2 Å². The molecule has 3 nitrogen and oxygen atoms in total. The Bertz CT molecular complexity index is 412. The quantitative estimate of drug-likeness (QED) is 0.850. The van der Waals surface area contributed by atoms with E-state index in [1.807, 2.05) is 19.2 Å². The third-order valence-corrected chi connectivity index (χ3v) is 4.26. The molecule has 2 heterocycles. The lowest BCUT2D eigenvalue weighted by Crippen LogP contribution is -2.42. The molecule has 0 amide bonds. The highest BCUT2D eigenvalue weighted by Gasteiger charge is 2.44. The summed E-state index contributed by atoms with van der Waals surface area (Å²) in [5.41, 5.74) is 2.00. The minimum absolute atomic E-state index is 0.147. The van der Waals surface area contributed by atoms with E-state index in [2.05, 4.69) is 11.1 Å². The molecule has 3 atom stereocenters.